The largest absolute Gasteiger partial charge is 0.454 e. The summed E-state index contributed by atoms with van der Waals surface area (Å²) in [5.74, 6) is 1.47. The maximum Gasteiger partial charge on any atom is 0.231 e. The Kier molecular flexibility index (Phi) is 4.89. The van der Waals surface area contributed by atoms with Gasteiger partial charge in [-0.05, 0) is 71.5 Å². The SMILES string of the molecule is S=C1NC(c2ccccn2)C(c2cccn2-c2ccc3ccccc3c2)N1c1ccc2c(c1)OCO2. The number of hydrogen-bond donors (Lipinski definition) is 1. The molecule has 0 spiro atoms. The van der Waals surface area contributed by atoms with Gasteiger partial charge in [0.1, 0.15) is 6.04 Å². The van der Waals surface area contributed by atoms with E-state index in [1.165, 1.54) is 10.8 Å². The van der Waals surface area contributed by atoms with Crippen LogP contribution in [0.25, 0.3) is 16.5 Å². The van der Waals surface area contributed by atoms with Crippen molar-refractivity contribution in [3.63, 3.8) is 0 Å². The summed E-state index contributed by atoms with van der Waals surface area (Å²) in [5, 5.41) is 6.59. The van der Waals surface area contributed by atoms with Crippen molar-refractivity contribution in [3.05, 3.63) is 115 Å². The van der Waals surface area contributed by atoms with Crippen molar-refractivity contribution >= 4 is 33.8 Å². The molecule has 7 heteroatoms. The van der Waals surface area contributed by atoms with Crippen LogP contribution in [0.2, 0.25) is 0 Å². The van der Waals surface area contributed by atoms with E-state index in [0.29, 0.717) is 5.11 Å². The van der Waals surface area contributed by atoms with Crippen molar-refractivity contribution in [2.24, 2.45) is 0 Å². The van der Waals surface area contributed by atoms with Crippen LogP contribution in [0, 0.1) is 0 Å². The molecule has 1 fully saturated rings. The van der Waals surface area contributed by atoms with Gasteiger partial charge in [-0.1, -0.05) is 36.4 Å². The number of benzene rings is 3. The lowest BCUT2D eigenvalue weighted by Crippen LogP contribution is -2.30. The van der Waals surface area contributed by atoms with Crippen LogP contribution < -0.4 is 19.7 Å². The second kappa shape index (κ2) is 8.39. The number of nitrogens with one attached hydrogen (secondary N) is 1. The maximum atomic E-state index is 5.91. The number of pyridine rings is 1. The smallest absolute Gasteiger partial charge is 0.231 e. The lowest BCUT2D eigenvalue weighted by Gasteiger charge is -2.29. The van der Waals surface area contributed by atoms with Crippen LogP contribution in [0.5, 0.6) is 11.5 Å². The topological polar surface area (TPSA) is 51.6 Å². The zero-order chi connectivity index (χ0) is 24.1. The lowest BCUT2D eigenvalue weighted by molar-refractivity contribution is 0.174. The highest BCUT2D eigenvalue weighted by Crippen LogP contribution is 2.45. The summed E-state index contributed by atoms with van der Waals surface area (Å²) >= 11 is 5.91. The van der Waals surface area contributed by atoms with E-state index in [-0.39, 0.29) is 18.9 Å². The van der Waals surface area contributed by atoms with Crippen molar-refractivity contribution < 1.29 is 9.47 Å². The molecule has 2 aliphatic heterocycles. The van der Waals surface area contributed by atoms with Crippen molar-refractivity contribution in [3.8, 4) is 17.2 Å². The predicted molar refractivity (Wildman–Crippen MR) is 144 cm³/mol. The van der Waals surface area contributed by atoms with Gasteiger partial charge in [-0.3, -0.25) is 4.98 Å². The molecule has 5 aromatic rings. The van der Waals surface area contributed by atoms with E-state index in [4.69, 9.17) is 21.7 Å². The molecule has 0 amide bonds. The second-order valence-electron chi connectivity index (χ2n) is 8.87. The molecule has 1 saturated heterocycles. The number of rotatable bonds is 4. The maximum absolute atomic E-state index is 5.91. The molecule has 2 unspecified atom stereocenters. The van der Waals surface area contributed by atoms with Gasteiger partial charge in [0.05, 0.1) is 11.7 Å². The van der Waals surface area contributed by atoms with Gasteiger partial charge >= 0.3 is 0 Å². The summed E-state index contributed by atoms with van der Waals surface area (Å²) in [6.45, 7) is 0.228. The van der Waals surface area contributed by atoms with Crippen LogP contribution in [0.4, 0.5) is 5.69 Å². The molecule has 4 heterocycles. The number of hydrogen-bond acceptors (Lipinski definition) is 4. The molecule has 2 atom stereocenters. The lowest BCUT2D eigenvalue weighted by atomic mass is 10.0. The molecule has 36 heavy (non-hydrogen) atoms. The molecule has 0 radical (unpaired) electrons. The molecular formula is C29H22N4O2S. The third-order valence-corrected chi connectivity index (χ3v) is 7.14. The van der Waals surface area contributed by atoms with E-state index >= 15 is 0 Å². The van der Waals surface area contributed by atoms with Crippen LogP contribution in [0.15, 0.2) is 103 Å². The highest BCUT2D eigenvalue weighted by Gasteiger charge is 2.42. The summed E-state index contributed by atoms with van der Waals surface area (Å²) in [6.07, 6.45) is 3.93. The van der Waals surface area contributed by atoms with Crippen LogP contribution >= 0.6 is 12.2 Å². The number of fused-ring (bicyclic) bond motifs is 2. The number of anilines is 1. The molecule has 176 valence electrons. The van der Waals surface area contributed by atoms with E-state index in [1.54, 1.807) is 0 Å². The van der Waals surface area contributed by atoms with Gasteiger partial charge in [0.2, 0.25) is 6.79 Å². The van der Waals surface area contributed by atoms with Gasteiger partial charge in [0.15, 0.2) is 16.6 Å². The number of aromatic nitrogens is 2. The molecule has 2 aliphatic rings. The van der Waals surface area contributed by atoms with Crippen LogP contribution in [0.1, 0.15) is 23.5 Å². The monoisotopic (exact) mass is 490 g/mol. The van der Waals surface area contributed by atoms with Gasteiger partial charge < -0.3 is 24.3 Å². The Hall–Kier alpha value is -4.36. The first kappa shape index (κ1) is 21.0. The van der Waals surface area contributed by atoms with E-state index < -0.39 is 0 Å². The Morgan fingerprint density at radius 1 is 0.806 bits per heavy atom. The molecule has 7 rings (SSSR count). The summed E-state index contributed by atoms with van der Waals surface area (Å²) < 4.78 is 13.5. The number of nitrogens with zero attached hydrogens (tertiary/aromatic N) is 3. The molecule has 2 aromatic heterocycles. The summed E-state index contributed by atoms with van der Waals surface area (Å²) in [7, 11) is 0. The minimum atomic E-state index is -0.144. The van der Waals surface area contributed by atoms with E-state index in [2.05, 4.69) is 80.6 Å². The van der Waals surface area contributed by atoms with Gasteiger partial charge in [-0.25, -0.2) is 0 Å². The standard InChI is InChI=1S/C29H22N4O2S/c36-29-31-27(23-8-3-4-14-30-23)28(33(29)22-12-13-25-26(17-22)35-18-34-25)24-9-5-15-32(24)21-11-10-19-6-1-2-7-20(19)16-21/h1-17,27-28H,18H2,(H,31,36). The fraction of sp³-hybridized carbons (Fsp3) is 0.103. The first-order chi connectivity index (χ1) is 17.8. The fourth-order valence-electron chi connectivity index (χ4n) is 5.17. The van der Waals surface area contributed by atoms with Crippen LogP contribution in [-0.4, -0.2) is 21.5 Å². The van der Waals surface area contributed by atoms with Gasteiger partial charge in [-0.2, -0.15) is 0 Å². The Bertz CT molecular complexity index is 1600. The first-order valence-corrected chi connectivity index (χ1v) is 12.2. The van der Waals surface area contributed by atoms with Crippen LogP contribution in [0.3, 0.4) is 0 Å². The average molecular weight is 491 g/mol. The second-order valence-corrected chi connectivity index (χ2v) is 9.26. The highest BCUT2D eigenvalue weighted by molar-refractivity contribution is 7.80. The minimum absolute atomic E-state index is 0.141. The average Bonchev–Trinajstić information content (AvgIpc) is 3.66. The zero-order valence-electron chi connectivity index (χ0n) is 19.2. The van der Waals surface area contributed by atoms with Gasteiger partial charge in [0, 0.05) is 35.5 Å². The van der Waals surface area contributed by atoms with Crippen LogP contribution in [-0.2, 0) is 0 Å². The fourth-order valence-corrected chi connectivity index (χ4v) is 5.51. The molecule has 1 N–H and O–H groups in total. The normalized spacial score (nSPS) is 18.6. The van der Waals surface area contributed by atoms with Crippen molar-refractivity contribution in [2.45, 2.75) is 12.1 Å². The molecule has 3 aromatic carbocycles. The molecule has 6 nitrogen and oxygen atoms in total. The molecule has 0 bridgehead atoms. The van der Waals surface area contributed by atoms with Crippen molar-refractivity contribution in [1.82, 2.24) is 14.9 Å². The number of thiocarbonyl (C=S) groups is 1. The third kappa shape index (κ3) is 3.39. The van der Waals surface area contributed by atoms with E-state index in [0.717, 1.165) is 34.3 Å². The summed E-state index contributed by atoms with van der Waals surface area (Å²) in [4.78, 5) is 6.84. The summed E-state index contributed by atoms with van der Waals surface area (Å²) in [6, 6.07) is 30.9. The van der Waals surface area contributed by atoms with Gasteiger partial charge in [0.25, 0.3) is 0 Å². The molecular weight excluding hydrogens is 468 g/mol. The zero-order valence-corrected chi connectivity index (χ0v) is 20.1. The summed E-state index contributed by atoms with van der Waals surface area (Å²) in [5.41, 5.74) is 4.06. The first-order valence-electron chi connectivity index (χ1n) is 11.8. The van der Waals surface area contributed by atoms with Crippen molar-refractivity contribution in [2.75, 3.05) is 11.7 Å². The quantitative estimate of drug-likeness (QED) is 0.315. The Morgan fingerprint density at radius 3 is 2.53 bits per heavy atom. The van der Waals surface area contributed by atoms with E-state index in [9.17, 15) is 0 Å². The highest BCUT2D eigenvalue weighted by atomic mass is 32.1. The molecule has 0 aliphatic carbocycles. The Labute approximate surface area is 213 Å². The Morgan fingerprint density at radius 2 is 1.64 bits per heavy atom. The van der Waals surface area contributed by atoms with Gasteiger partial charge in [-0.15, -0.1) is 0 Å². The third-order valence-electron chi connectivity index (χ3n) is 6.83. The van der Waals surface area contributed by atoms with Crippen molar-refractivity contribution in [1.29, 1.82) is 0 Å². The number of ether oxygens (including phenoxy) is 2. The molecule has 0 saturated carbocycles. The Balaban J connectivity index is 1.38. The van der Waals surface area contributed by atoms with E-state index in [1.807, 2.05) is 42.6 Å². The predicted octanol–water partition coefficient (Wildman–Crippen LogP) is 5.93. The minimum Gasteiger partial charge on any atom is -0.454 e.